The van der Waals surface area contributed by atoms with Crippen LogP contribution in [0, 0.1) is 0 Å². The van der Waals surface area contributed by atoms with Crippen LogP contribution in [-0.2, 0) is 16.0 Å². The van der Waals surface area contributed by atoms with Gasteiger partial charge in [0.25, 0.3) is 0 Å². The van der Waals surface area contributed by atoms with Crippen LogP contribution in [0.15, 0.2) is 30.3 Å². The van der Waals surface area contributed by atoms with E-state index in [1.165, 1.54) is 12.0 Å². The van der Waals surface area contributed by atoms with Gasteiger partial charge in [0.05, 0.1) is 24.9 Å². The molecule has 2 heterocycles. The van der Waals surface area contributed by atoms with Gasteiger partial charge in [-0.15, -0.1) is 0 Å². The van der Waals surface area contributed by atoms with Gasteiger partial charge in [0, 0.05) is 39.3 Å². The van der Waals surface area contributed by atoms with E-state index >= 15 is 0 Å². The van der Waals surface area contributed by atoms with Gasteiger partial charge in [-0.1, -0.05) is 30.3 Å². The number of urea groups is 1. The van der Waals surface area contributed by atoms with Crippen molar-refractivity contribution in [1.29, 1.82) is 0 Å². The molecule has 2 amide bonds. The molecule has 1 aromatic carbocycles. The van der Waals surface area contributed by atoms with Gasteiger partial charge in [-0.25, -0.2) is 4.79 Å². The van der Waals surface area contributed by atoms with Crippen molar-refractivity contribution in [3.63, 3.8) is 0 Å². The first-order valence-corrected chi connectivity index (χ1v) is 10.1. The van der Waals surface area contributed by atoms with Gasteiger partial charge in [-0.05, 0) is 31.2 Å². The Morgan fingerprint density at radius 3 is 2.85 bits per heavy atom. The van der Waals surface area contributed by atoms with Crippen LogP contribution < -0.4 is 5.32 Å². The van der Waals surface area contributed by atoms with Crippen LogP contribution in [0.25, 0.3) is 0 Å². The summed E-state index contributed by atoms with van der Waals surface area (Å²) in [5.74, 6) is 0. The summed E-state index contributed by atoms with van der Waals surface area (Å²) in [6.45, 7) is 4.54. The molecule has 1 N–H and O–H groups in total. The molecule has 0 bridgehead atoms. The highest BCUT2D eigenvalue weighted by atomic mass is 16.5. The van der Waals surface area contributed by atoms with E-state index in [-0.39, 0.29) is 17.7 Å². The maximum Gasteiger partial charge on any atom is 0.317 e. The number of ether oxygens (including phenoxy) is 2. The lowest BCUT2D eigenvalue weighted by Gasteiger charge is -2.48. The predicted molar refractivity (Wildman–Crippen MR) is 104 cm³/mol. The number of carbonyl (C=O) groups is 1. The van der Waals surface area contributed by atoms with Gasteiger partial charge in [0.1, 0.15) is 0 Å². The number of hydrogen-bond donors (Lipinski definition) is 1. The Morgan fingerprint density at radius 2 is 2.15 bits per heavy atom. The number of likely N-dealkylation sites (tertiary alicyclic amines) is 1. The van der Waals surface area contributed by atoms with Gasteiger partial charge >= 0.3 is 6.03 Å². The number of nitrogens with one attached hydrogen (secondary N) is 1. The first-order chi connectivity index (χ1) is 13.2. The van der Waals surface area contributed by atoms with Gasteiger partial charge in [-0.2, -0.15) is 0 Å². The van der Waals surface area contributed by atoms with Gasteiger partial charge in [-0.3, -0.25) is 4.90 Å². The molecule has 4 rings (SSSR count). The maximum atomic E-state index is 12.7. The molecule has 148 valence electrons. The Bertz CT molecular complexity index is 635. The molecule has 0 radical (unpaired) electrons. The zero-order chi connectivity index (χ0) is 18.7. The average Bonchev–Trinajstić information content (AvgIpc) is 3.07. The number of amides is 2. The highest BCUT2D eigenvalue weighted by molar-refractivity contribution is 5.74. The van der Waals surface area contributed by atoms with Crippen LogP contribution in [0.2, 0.25) is 0 Å². The Balaban J connectivity index is 1.31. The Kier molecular flexibility index (Phi) is 5.66. The molecule has 1 saturated carbocycles. The number of carbonyl (C=O) groups excluding carboxylic acids is 1. The number of methoxy groups -OCH3 is 1. The maximum absolute atomic E-state index is 12.7. The number of rotatable bonds is 5. The van der Waals surface area contributed by atoms with Crippen LogP contribution in [-0.4, -0.2) is 73.5 Å². The van der Waals surface area contributed by atoms with E-state index in [0.717, 1.165) is 38.9 Å². The first-order valence-electron chi connectivity index (χ1n) is 10.1. The largest absolute Gasteiger partial charge is 0.380 e. The van der Waals surface area contributed by atoms with Crippen molar-refractivity contribution in [3.05, 3.63) is 35.9 Å². The molecule has 0 unspecified atom stereocenters. The van der Waals surface area contributed by atoms with E-state index < -0.39 is 0 Å². The molecule has 2 saturated heterocycles. The first kappa shape index (κ1) is 18.7. The van der Waals surface area contributed by atoms with E-state index in [4.69, 9.17) is 9.47 Å². The second-order valence-electron chi connectivity index (χ2n) is 8.15. The van der Waals surface area contributed by atoms with Crippen LogP contribution in [0.1, 0.15) is 31.2 Å². The monoisotopic (exact) mass is 373 g/mol. The Labute approximate surface area is 161 Å². The van der Waals surface area contributed by atoms with Crippen LogP contribution in [0.4, 0.5) is 4.79 Å². The summed E-state index contributed by atoms with van der Waals surface area (Å²) in [6.07, 6.45) is 4.57. The summed E-state index contributed by atoms with van der Waals surface area (Å²) >= 11 is 0. The third-order valence-electron chi connectivity index (χ3n) is 6.34. The number of hydrogen-bond acceptors (Lipinski definition) is 4. The molecular weight excluding hydrogens is 342 g/mol. The van der Waals surface area contributed by atoms with Crippen molar-refractivity contribution in [1.82, 2.24) is 15.1 Å². The van der Waals surface area contributed by atoms with Crippen molar-refractivity contribution in [3.8, 4) is 0 Å². The Hall–Kier alpha value is -1.63. The van der Waals surface area contributed by atoms with Crippen molar-refractivity contribution in [2.75, 3.05) is 39.9 Å². The Morgan fingerprint density at radius 1 is 1.33 bits per heavy atom. The second-order valence-corrected chi connectivity index (χ2v) is 8.15. The molecule has 6 heteroatoms. The van der Waals surface area contributed by atoms with Crippen LogP contribution in [0.3, 0.4) is 0 Å². The van der Waals surface area contributed by atoms with Gasteiger partial charge < -0.3 is 19.7 Å². The number of benzene rings is 1. The predicted octanol–water partition coefficient (Wildman–Crippen LogP) is 2.24. The number of nitrogens with zero attached hydrogens (tertiary/aromatic N) is 2. The third-order valence-corrected chi connectivity index (χ3v) is 6.34. The van der Waals surface area contributed by atoms with Crippen molar-refractivity contribution < 1.29 is 14.3 Å². The fourth-order valence-corrected chi connectivity index (χ4v) is 4.54. The molecule has 3 aliphatic rings. The lowest BCUT2D eigenvalue weighted by molar-refractivity contribution is -0.141. The molecule has 27 heavy (non-hydrogen) atoms. The zero-order valence-corrected chi connectivity index (χ0v) is 16.2. The highest BCUT2D eigenvalue weighted by Crippen LogP contribution is 2.38. The van der Waals surface area contributed by atoms with E-state index in [2.05, 4.69) is 34.5 Å². The smallest absolute Gasteiger partial charge is 0.317 e. The molecule has 6 nitrogen and oxygen atoms in total. The molecule has 1 spiro atoms. The van der Waals surface area contributed by atoms with Crippen molar-refractivity contribution in [2.45, 2.75) is 50.0 Å². The highest BCUT2D eigenvalue weighted by Gasteiger charge is 2.43. The fourth-order valence-electron chi connectivity index (χ4n) is 4.54. The van der Waals surface area contributed by atoms with E-state index in [1.807, 2.05) is 11.0 Å². The molecule has 2 atom stereocenters. The van der Waals surface area contributed by atoms with Crippen molar-refractivity contribution >= 4 is 6.03 Å². The van der Waals surface area contributed by atoms with E-state index in [0.29, 0.717) is 25.7 Å². The van der Waals surface area contributed by atoms with E-state index in [9.17, 15) is 4.79 Å². The number of morpholine rings is 1. The summed E-state index contributed by atoms with van der Waals surface area (Å²) in [5.41, 5.74) is 1.24. The third kappa shape index (κ3) is 4.28. The molecule has 1 aromatic rings. The average molecular weight is 373 g/mol. The minimum atomic E-state index is -0.0521. The second kappa shape index (κ2) is 8.17. The van der Waals surface area contributed by atoms with Crippen LogP contribution in [0.5, 0.6) is 0 Å². The molecule has 2 aliphatic heterocycles. The summed E-state index contributed by atoms with van der Waals surface area (Å²) in [6, 6.07) is 10.8. The topological polar surface area (TPSA) is 54.0 Å². The molecule has 3 fully saturated rings. The normalized spacial score (nSPS) is 27.5. The zero-order valence-electron chi connectivity index (χ0n) is 16.2. The summed E-state index contributed by atoms with van der Waals surface area (Å²) < 4.78 is 11.5. The summed E-state index contributed by atoms with van der Waals surface area (Å²) in [7, 11) is 1.78. The quantitative estimate of drug-likeness (QED) is 0.860. The lowest BCUT2D eigenvalue weighted by atomic mass is 9.79. The molecule has 0 aromatic heterocycles. The van der Waals surface area contributed by atoms with Crippen molar-refractivity contribution in [2.24, 2.45) is 0 Å². The minimum absolute atomic E-state index is 0.0464. The van der Waals surface area contributed by atoms with Gasteiger partial charge in [0.2, 0.25) is 0 Å². The van der Waals surface area contributed by atoms with Crippen LogP contribution >= 0.6 is 0 Å². The fraction of sp³-hybridized carbons (Fsp3) is 0.667. The minimum Gasteiger partial charge on any atom is -0.380 e. The standard InChI is InChI=1S/C21H31N3O3/c1-26-19-12-18(24(15-19)14-17-6-3-2-4-7-17)13-22-20(25)23-10-11-27-21(16-23)8-5-9-21/h2-4,6-7,18-19H,5,8-16H2,1H3,(H,22,25)/t18-,19-/m0/s1. The molecule has 1 aliphatic carbocycles. The molecular formula is C21H31N3O3. The SMILES string of the molecule is CO[C@H]1C[C@@H](CNC(=O)N2CCOC3(CCC3)C2)N(Cc2ccccc2)C1. The lowest BCUT2D eigenvalue weighted by Crippen LogP contribution is -2.59. The van der Waals surface area contributed by atoms with E-state index in [1.54, 1.807) is 7.11 Å². The van der Waals surface area contributed by atoms with Gasteiger partial charge in [0.15, 0.2) is 0 Å². The summed E-state index contributed by atoms with van der Waals surface area (Å²) in [5, 5.41) is 3.17. The summed E-state index contributed by atoms with van der Waals surface area (Å²) in [4.78, 5) is 17.1.